The molecule has 0 aliphatic carbocycles. The number of H-pyrrole nitrogens is 1. The summed E-state index contributed by atoms with van der Waals surface area (Å²) in [6.45, 7) is 2.33. The molecule has 0 bridgehead atoms. The number of nitrogens with zero attached hydrogens (tertiary/aromatic N) is 1. The van der Waals surface area contributed by atoms with Crippen LogP contribution >= 0.6 is 0 Å². The molecule has 1 unspecified atom stereocenters. The van der Waals surface area contributed by atoms with E-state index in [2.05, 4.69) is 39.5 Å². The van der Waals surface area contributed by atoms with Crippen LogP contribution < -0.4 is 11.1 Å². The van der Waals surface area contributed by atoms with Gasteiger partial charge in [0.05, 0.1) is 6.04 Å². The number of para-hydroxylation sites is 1. The van der Waals surface area contributed by atoms with E-state index in [1.165, 1.54) is 5.57 Å². The highest BCUT2D eigenvalue weighted by Crippen LogP contribution is 2.39. The average Bonchev–Trinajstić information content (AvgIpc) is 3.37. The largest absolute Gasteiger partial charge is 0.508 e. The third-order valence-corrected chi connectivity index (χ3v) is 6.95. The van der Waals surface area contributed by atoms with Crippen LogP contribution in [0.2, 0.25) is 0 Å². The predicted octanol–water partition coefficient (Wildman–Crippen LogP) is 4.28. The topological polar surface area (TPSA) is 94.4 Å². The molecule has 4 aromatic rings. The molecule has 0 spiro atoms. The molecule has 6 rings (SSSR count). The maximum Gasteiger partial charge on any atom is 0.252 e. The Morgan fingerprint density at radius 2 is 1.82 bits per heavy atom. The third-order valence-electron chi connectivity index (χ3n) is 6.95. The Balaban J connectivity index is 1.39. The van der Waals surface area contributed by atoms with Crippen molar-refractivity contribution < 1.29 is 9.90 Å². The molecule has 0 saturated carbocycles. The van der Waals surface area contributed by atoms with Crippen molar-refractivity contribution in [2.75, 3.05) is 13.1 Å². The van der Waals surface area contributed by atoms with Gasteiger partial charge in [0.1, 0.15) is 5.75 Å². The smallest absolute Gasteiger partial charge is 0.252 e. The first-order valence-electron chi connectivity index (χ1n) is 11.6. The molecule has 0 saturated heterocycles. The number of phenols is 1. The molecule has 1 amide bonds. The number of amides is 1. The fourth-order valence-electron chi connectivity index (χ4n) is 5.29. The molecule has 0 fully saturated rings. The molecule has 2 aliphatic rings. The Kier molecular flexibility index (Phi) is 4.89. The van der Waals surface area contributed by atoms with Gasteiger partial charge in [0.25, 0.3) is 5.91 Å². The van der Waals surface area contributed by atoms with Gasteiger partial charge in [-0.25, -0.2) is 0 Å². The summed E-state index contributed by atoms with van der Waals surface area (Å²) in [5.74, 6) is 0.0436. The molecule has 6 heteroatoms. The molecule has 170 valence electrons. The normalized spacial score (nSPS) is 18.4. The van der Waals surface area contributed by atoms with Gasteiger partial charge in [-0.05, 0) is 41.0 Å². The van der Waals surface area contributed by atoms with Gasteiger partial charge in [-0.15, -0.1) is 0 Å². The summed E-state index contributed by atoms with van der Waals surface area (Å²) in [5, 5.41) is 14.4. The van der Waals surface area contributed by atoms with E-state index in [0.717, 1.165) is 58.5 Å². The summed E-state index contributed by atoms with van der Waals surface area (Å²) in [6, 6.07) is 23.1. The van der Waals surface area contributed by atoms with Crippen LogP contribution in [0.4, 0.5) is 0 Å². The van der Waals surface area contributed by atoms with Crippen molar-refractivity contribution in [3.63, 3.8) is 0 Å². The Hall–Kier alpha value is -4.03. The van der Waals surface area contributed by atoms with Crippen LogP contribution in [0.3, 0.4) is 0 Å². The third kappa shape index (κ3) is 3.43. The molecule has 34 heavy (non-hydrogen) atoms. The standard InChI is InChI=1S/C28H26N4O2/c29-23-12-13-32(15-22(23)17-6-2-1-3-7-17)16-25-26(20-8-4-5-9-24(20)30-25)27-21-14-18(33)10-11-19(21)28(34)31-27/h1-11,14,27,30,33H,12-13,15-16,29H2,(H,31,34). The zero-order valence-electron chi connectivity index (χ0n) is 18.7. The van der Waals surface area contributed by atoms with E-state index in [1.807, 2.05) is 30.3 Å². The first kappa shape index (κ1) is 20.6. The van der Waals surface area contributed by atoms with Crippen molar-refractivity contribution in [3.05, 3.63) is 106 Å². The van der Waals surface area contributed by atoms with E-state index >= 15 is 0 Å². The highest BCUT2D eigenvalue weighted by molar-refractivity contribution is 6.01. The molecular formula is C28H26N4O2. The molecule has 1 atom stereocenters. The fourth-order valence-corrected chi connectivity index (χ4v) is 5.29. The Morgan fingerprint density at radius 1 is 1.03 bits per heavy atom. The highest BCUT2D eigenvalue weighted by atomic mass is 16.3. The summed E-state index contributed by atoms with van der Waals surface area (Å²) in [7, 11) is 0. The van der Waals surface area contributed by atoms with Gasteiger partial charge < -0.3 is 21.1 Å². The molecule has 3 heterocycles. The number of aromatic hydroxyl groups is 1. The molecule has 5 N–H and O–H groups in total. The van der Waals surface area contributed by atoms with Gasteiger partial charge in [0.15, 0.2) is 0 Å². The van der Waals surface area contributed by atoms with E-state index in [0.29, 0.717) is 12.1 Å². The minimum absolute atomic E-state index is 0.115. The SMILES string of the molecule is NC1=C(c2ccccc2)CN(Cc2[nH]c3ccccc3c2C2NC(=O)c3ccc(O)cc32)CC1. The second kappa shape index (κ2) is 8.08. The summed E-state index contributed by atoms with van der Waals surface area (Å²) in [6.07, 6.45) is 0.816. The molecule has 3 aromatic carbocycles. The van der Waals surface area contributed by atoms with Crippen molar-refractivity contribution in [1.82, 2.24) is 15.2 Å². The second-order valence-electron chi connectivity index (χ2n) is 9.07. The van der Waals surface area contributed by atoms with Crippen molar-refractivity contribution in [2.45, 2.75) is 19.0 Å². The minimum atomic E-state index is -0.320. The zero-order valence-corrected chi connectivity index (χ0v) is 18.7. The molecule has 1 aromatic heterocycles. The van der Waals surface area contributed by atoms with Crippen LogP contribution in [0.1, 0.15) is 45.2 Å². The lowest BCUT2D eigenvalue weighted by Gasteiger charge is -2.30. The van der Waals surface area contributed by atoms with Gasteiger partial charge in [-0.3, -0.25) is 9.69 Å². The van der Waals surface area contributed by atoms with Crippen LogP contribution in [-0.2, 0) is 6.54 Å². The first-order valence-corrected chi connectivity index (χ1v) is 11.6. The Morgan fingerprint density at radius 3 is 2.68 bits per heavy atom. The van der Waals surface area contributed by atoms with E-state index < -0.39 is 0 Å². The quantitative estimate of drug-likeness (QED) is 0.373. The van der Waals surface area contributed by atoms with Gasteiger partial charge in [0, 0.05) is 59.5 Å². The van der Waals surface area contributed by atoms with E-state index in [1.54, 1.807) is 18.2 Å². The number of aromatic nitrogens is 1. The zero-order chi connectivity index (χ0) is 23.2. The van der Waals surface area contributed by atoms with Crippen LogP contribution in [0, 0.1) is 0 Å². The maximum absolute atomic E-state index is 12.7. The maximum atomic E-state index is 12.7. The molecule has 6 nitrogen and oxygen atoms in total. The van der Waals surface area contributed by atoms with Gasteiger partial charge >= 0.3 is 0 Å². The van der Waals surface area contributed by atoms with Crippen molar-refractivity contribution >= 4 is 22.4 Å². The van der Waals surface area contributed by atoms with E-state index in [4.69, 9.17) is 5.73 Å². The number of nitrogens with one attached hydrogen (secondary N) is 2. The number of carbonyl (C=O) groups excluding carboxylic acids is 1. The summed E-state index contributed by atoms with van der Waals surface area (Å²) < 4.78 is 0. The summed E-state index contributed by atoms with van der Waals surface area (Å²) in [4.78, 5) is 18.7. The van der Waals surface area contributed by atoms with Crippen molar-refractivity contribution in [2.24, 2.45) is 5.73 Å². The number of rotatable bonds is 4. The molecule has 2 aliphatic heterocycles. The number of hydrogen-bond donors (Lipinski definition) is 4. The van der Waals surface area contributed by atoms with Crippen LogP contribution in [0.15, 0.2) is 78.5 Å². The number of carbonyl (C=O) groups is 1. The van der Waals surface area contributed by atoms with E-state index in [9.17, 15) is 9.90 Å². The lowest BCUT2D eigenvalue weighted by atomic mass is 9.94. The lowest BCUT2D eigenvalue weighted by Crippen LogP contribution is -2.33. The number of hydrogen-bond acceptors (Lipinski definition) is 4. The van der Waals surface area contributed by atoms with Gasteiger partial charge in [0.2, 0.25) is 0 Å². The Bertz CT molecular complexity index is 1440. The van der Waals surface area contributed by atoms with Crippen molar-refractivity contribution in [3.8, 4) is 5.75 Å². The number of fused-ring (bicyclic) bond motifs is 2. The first-order chi connectivity index (χ1) is 16.6. The van der Waals surface area contributed by atoms with Gasteiger partial charge in [-0.1, -0.05) is 48.5 Å². The van der Waals surface area contributed by atoms with E-state index in [-0.39, 0.29) is 17.7 Å². The second-order valence-corrected chi connectivity index (χ2v) is 9.07. The lowest BCUT2D eigenvalue weighted by molar-refractivity contribution is 0.0960. The number of nitrogens with two attached hydrogens (primary N) is 1. The number of benzene rings is 3. The van der Waals surface area contributed by atoms with Crippen LogP contribution in [-0.4, -0.2) is 34.0 Å². The van der Waals surface area contributed by atoms with Crippen LogP contribution in [0.25, 0.3) is 16.5 Å². The minimum Gasteiger partial charge on any atom is -0.508 e. The van der Waals surface area contributed by atoms with Crippen LogP contribution in [0.5, 0.6) is 5.75 Å². The fraction of sp³-hybridized carbons (Fsp3) is 0.179. The Labute approximate surface area is 197 Å². The van der Waals surface area contributed by atoms with Crippen molar-refractivity contribution in [1.29, 1.82) is 0 Å². The highest BCUT2D eigenvalue weighted by Gasteiger charge is 2.34. The molecule has 0 radical (unpaired) electrons. The monoisotopic (exact) mass is 450 g/mol. The van der Waals surface area contributed by atoms with Gasteiger partial charge in [-0.2, -0.15) is 0 Å². The summed E-state index contributed by atoms with van der Waals surface area (Å²) in [5.41, 5.74) is 14.3. The number of aromatic amines is 1. The number of phenolic OH excluding ortho intramolecular Hbond substituents is 1. The average molecular weight is 451 g/mol. The molecular weight excluding hydrogens is 424 g/mol. The summed E-state index contributed by atoms with van der Waals surface area (Å²) >= 11 is 0. The predicted molar refractivity (Wildman–Crippen MR) is 133 cm³/mol.